The zero-order valence-electron chi connectivity index (χ0n) is 8.64. The van der Waals surface area contributed by atoms with Crippen molar-refractivity contribution in [2.75, 3.05) is 0 Å². The number of aromatic carboxylic acids is 1. The highest BCUT2D eigenvalue weighted by Crippen LogP contribution is 2.34. The summed E-state index contributed by atoms with van der Waals surface area (Å²) in [5.74, 6) is -2.66. The first kappa shape index (κ1) is 10.7. The van der Waals surface area contributed by atoms with Gasteiger partial charge in [0, 0.05) is 0 Å². The van der Waals surface area contributed by atoms with Crippen molar-refractivity contribution in [2.24, 2.45) is 0 Å². The maximum absolute atomic E-state index is 11.1. The fourth-order valence-corrected chi connectivity index (χ4v) is 2.32. The molecule has 0 heterocycles. The van der Waals surface area contributed by atoms with E-state index < -0.39 is 17.9 Å². The van der Waals surface area contributed by atoms with Crippen LogP contribution in [-0.2, 0) is 11.2 Å². The number of hydrogen-bond donors (Lipinski definition) is 2. The second-order valence-electron chi connectivity index (χ2n) is 3.97. The van der Waals surface area contributed by atoms with Gasteiger partial charge < -0.3 is 10.2 Å². The van der Waals surface area contributed by atoms with E-state index in [0.717, 1.165) is 18.4 Å². The molecule has 4 heteroatoms. The Bertz CT molecular complexity index is 450. The van der Waals surface area contributed by atoms with Crippen molar-refractivity contribution in [3.8, 4) is 0 Å². The zero-order chi connectivity index (χ0) is 11.7. The van der Waals surface area contributed by atoms with E-state index in [-0.39, 0.29) is 5.56 Å². The van der Waals surface area contributed by atoms with Crippen molar-refractivity contribution in [3.05, 3.63) is 34.9 Å². The lowest BCUT2D eigenvalue weighted by atomic mass is 9.80. The summed E-state index contributed by atoms with van der Waals surface area (Å²) >= 11 is 0. The molecule has 0 saturated carbocycles. The first-order valence-corrected chi connectivity index (χ1v) is 5.19. The van der Waals surface area contributed by atoms with Crippen LogP contribution < -0.4 is 0 Å². The molecule has 2 rings (SSSR count). The quantitative estimate of drug-likeness (QED) is 0.798. The van der Waals surface area contributed by atoms with Gasteiger partial charge in [0.05, 0.1) is 11.5 Å². The number of carboxylic acids is 2. The molecule has 1 aliphatic rings. The molecular weight excluding hydrogens is 208 g/mol. The molecule has 0 spiro atoms. The van der Waals surface area contributed by atoms with Gasteiger partial charge in [-0.1, -0.05) is 12.1 Å². The predicted molar refractivity (Wildman–Crippen MR) is 56.7 cm³/mol. The van der Waals surface area contributed by atoms with Gasteiger partial charge in [-0.25, -0.2) is 4.79 Å². The normalized spacial score (nSPS) is 18.9. The van der Waals surface area contributed by atoms with E-state index in [2.05, 4.69) is 0 Å². The van der Waals surface area contributed by atoms with Crippen molar-refractivity contribution in [1.82, 2.24) is 0 Å². The molecular formula is C12H12O4. The maximum atomic E-state index is 11.1. The zero-order valence-corrected chi connectivity index (χ0v) is 8.64. The van der Waals surface area contributed by atoms with Crippen LogP contribution in [0.3, 0.4) is 0 Å². The SMILES string of the molecule is O=C(O)c1cccc2c1[C@@H](C(=O)O)CCC2. The molecule has 1 aromatic carbocycles. The highest BCUT2D eigenvalue weighted by atomic mass is 16.4. The minimum Gasteiger partial charge on any atom is -0.481 e. The molecule has 16 heavy (non-hydrogen) atoms. The van der Waals surface area contributed by atoms with Crippen molar-refractivity contribution < 1.29 is 19.8 Å². The van der Waals surface area contributed by atoms with Gasteiger partial charge in [-0.15, -0.1) is 0 Å². The van der Waals surface area contributed by atoms with Crippen LogP contribution in [0.5, 0.6) is 0 Å². The van der Waals surface area contributed by atoms with E-state index in [1.165, 1.54) is 6.07 Å². The summed E-state index contributed by atoms with van der Waals surface area (Å²) in [4.78, 5) is 22.1. The summed E-state index contributed by atoms with van der Waals surface area (Å²) < 4.78 is 0. The molecule has 0 aliphatic heterocycles. The number of fused-ring (bicyclic) bond motifs is 1. The van der Waals surface area contributed by atoms with E-state index >= 15 is 0 Å². The summed E-state index contributed by atoms with van der Waals surface area (Å²) in [5, 5.41) is 18.1. The molecule has 0 amide bonds. The molecule has 0 unspecified atom stereocenters. The summed E-state index contributed by atoms with van der Waals surface area (Å²) in [6, 6.07) is 4.96. The van der Waals surface area contributed by atoms with E-state index in [9.17, 15) is 9.59 Å². The Labute approximate surface area is 92.5 Å². The number of aryl methyl sites for hydroxylation is 1. The predicted octanol–water partition coefficient (Wildman–Crippen LogP) is 1.89. The standard InChI is InChI=1S/C12H12O4/c13-11(14)8-5-1-3-7-4-2-6-9(10(7)8)12(15)16/h1,3,5,9H,2,4,6H2,(H,13,14)(H,15,16)/t9-/m0/s1. The van der Waals surface area contributed by atoms with Crippen LogP contribution in [0.25, 0.3) is 0 Å². The first-order valence-electron chi connectivity index (χ1n) is 5.19. The average molecular weight is 220 g/mol. The molecule has 0 bridgehead atoms. The summed E-state index contributed by atoms with van der Waals surface area (Å²) in [5.41, 5.74) is 1.48. The molecule has 1 aliphatic carbocycles. The Morgan fingerprint density at radius 1 is 1.25 bits per heavy atom. The number of benzene rings is 1. The van der Waals surface area contributed by atoms with E-state index in [1.54, 1.807) is 6.07 Å². The van der Waals surface area contributed by atoms with Gasteiger partial charge in [0.1, 0.15) is 0 Å². The van der Waals surface area contributed by atoms with Gasteiger partial charge in [0.15, 0.2) is 0 Å². The van der Waals surface area contributed by atoms with Gasteiger partial charge in [0.25, 0.3) is 0 Å². The van der Waals surface area contributed by atoms with Crippen LogP contribution in [-0.4, -0.2) is 22.2 Å². The lowest BCUT2D eigenvalue weighted by Crippen LogP contribution is -2.21. The van der Waals surface area contributed by atoms with Gasteiger partial charge in [-0.2, -0.15) is 0 Å². The van der Waals surface area contributed by atoms with Crippen molar-refractivity contribution in [2.45, 2.75) is 25.2 Å². The second kappa shape index (κ2) is 3.96. The Kier molecular flexibility index (Phi) is 2.64. The fraction of sp³-hybridized carbons (Fsp3) is 0.333. The van der Waals surface area contributed by atoms with Crippen LogP contribution >= 0.6 is 0 Å². The van der Waals surface area contributed by atoms with Crippen LogP contribution in [0.1, 0.15) is 40.2 Å². The minimum atomic E-state index is -1.05. The van der Waals surface area contributed by atoms with Crippen LogP contribution in [0.2, 0.25) is 0 Å². The van der Waals surface area contributed by atoms with E-state index in [1.807, 2.05) is 6.07 Å². The first-order chi connectivity index (χ1) is 7.61. The van der Waals surface area contributed by atoms with Crippen LogP contribution in [0.15, 0.2) is 18.2 Å². The van der Waals surface area contributed by atoms with Gasteiger partial charge in [-0.3, -0.25) is 4.79 Å². The molecule has 1 aromatic rings. The lowest BCUT2D eigenvalue weighted by Gasteiger charge is -2.23. The number of hydrogen-bond acceptors (Lipinski definition) is 2. The molecule has 0 fully saturated rings. The number of aliphatic carboxylic acids is 1. The molecule has 0 radical (unpaired) electrons. The third-order valence-corrected chi connectivity index (χ3v) is 3.01. The van der Waals surface area contributed by atoms with Gasteiger partial charge >= 0.3 is 11.9 Å². The lowest BCUT2D eigenvalue weighted by molar-refractivity contribution is -0.139. The molecule has 0 aromatic heterocycles. The van der Waals surface area contributed by atoms with Crippen molar-refractivity contribution >= 4 is 11.9 Å². The molecule has 2 N–H and O–H groups in total. The van der Waals surface area contributed by atoms with E-state index in [4.69, 9.17) is 10.2 Å². The Morgan fingerprint density at radius 2 is 2.00 bits per heavy atom. The third-order valence-electron chi connectivity index (χ3n) is 3.01. The van der Waals surface area contributed by atoms with Crippen molar-refractivity contribution in [1.29, 1.82) is 0 Å². The number of carboxylic acid groups (broad SMARTS) is 2. The number of carbonyl (C=O) groups is 2. The van der Waals surface area contributed by atoms with E-state index in [0.29, 0.717) is 12.0 Å². The monoisotopic (exact) mass is 220 g/mol. The van der Waals surface area contributed by atoms with Crippen LogP contribution in [0.4, 0.5) is 0 Å². The second-order valence-corrected chi connectivity index (χ2v) is 3.97. The van der Waals surface area contributed by atoms with Gasteiger partial charge in [-0.05, 0) is 36.5 Å². The smallest absolute Gasteiger partial charge is 0.335 e. The maximum Gasteiger partial charge on any atom is 0.335 e. The Hall–Kier alpha value is -1.84. The minimum absolute atomic E-state index is 0.129. The summed E-state index contributed by atoms with van der Waals surface area (Å²) in [7, 11) is 0. The Morgan fingerprint density at radius 3 is 2.62 bits per heavy atom. The molecule has 84 valence electrons. The van der Waals surface area contributed by atoms with Crippen molar-refractivity contribution in [3.63, 3.8) is 0 Å². The number of rotatable bonds is 2. The summed E-state index contributed by atoms with van der Waals surface area (Å²) in [6.45, 7) is 0. The summed E-state index contributed by atoms with van der Waals surface area (Å²) in [6.07, 6.45) is 2.08. The largest absolute Gasteiger partial charge is 0.481 e. The molecule has 1 atom stereocenters. The average Bonchev–Trinajstić information content (AvgIpc) is 2.27. The highest BCUT2D eigenvalue weighted by molar-refractivity contribution is 5.92. The Balaban J connectivity index is 2.59. The topological polar surface area (TPSA) is 74.6 Å². The molecule has 0 saturated heterocycles. The third kappa shape index (κ3) is 1.66. The van der Waals surface area contributed by atoms with Crippen LogP contribution in [0, 0.1) is 0 Å². The molecule has 4 nitrogen and oxygen atoms in total. The highest BCUT2D eigenvalue weighted by Gasteiger charge is 2.30. The van der Waals surface area contributed by atoms with Gasteiger partial charge in [0.2, 0.25) is 0 Å². The fourth-order valence-electron chi connectivity index (χ4n) is 2.32.